The molecule has 2 aromatic heterocycles. The summed E-state index contributed by atoms with van der Waals surface area (Å²) in [6, 6.07) is 1.83. The summed E-state index contributed by atoms with van der Waals surface area (Å²) in [5, 5.41) is 7.42. The third-order valence-electron chi connectivity index (χ3n) is 1.43. The lowest BCUT2D eigenvalue weighted by Crippen LogP contribution is -1.91. The zero-order chi connectivity index (χ0) is 6.97. The predicted molar refractivity (Wildman–Crippen MR) is 36.2 cm³/mol. The fraction of sp³-hybridized carbons (Fsp3) is 0. The summed E-state index contributed by atoms with van der Waals surface area (Å²) in [6.07, 6.45) is 4.10. The molecule has 50 valence electrons. The number of hydrogen-bond donors (Lipinski definition) is 1. The van der Waals surface area contributed by atoms with E-state index in [2.05, 4.69) is 10.2 Å². The number of hydrogen-bond acceptors (Lipinski definition) is 2. The lowest BCUT2D eigenvalue weighted by molar-refractivity contribution is 0.548. The van der Waals surface area contributed by atoms with E-state index in [9.17, 15) is 4.79 Å². The molecule has 0 saturated carbocycles. The number of carbonyl (C=O) groups is 1. The number of fused-ring (bicyclic) bond motifs is 1. The van der Waals surface area contributed by atoms with Gasteiger partial charge >= 0.3 is 0 Å². The minimum atomic E-state index is 0.737. The molecule has 0 aliphatic heterocycles. The van der Waals surface area contributed by atoms with Crippen molar-refractivity contribution in [3.63, 3.8) is 0 Å². The summed E-state index contributed by atoms with van der Waals surface area (Å²) in [4.78, 5) is 10.3. The first-order valence-corrected chi connectivity index (χ1v) is 2.87. The van der Waals surface area contributed by atoms with Gasteiger partial charge in [-0.25, -0.2) is 0 Å². The second kappa shape index (κ2) is 1.70. The van der Waals surface area contributed by atoms with Crippen molar-refractivity contribution in [2.24, 2.45) is 0 Å². The number of rotatable bonds is 1. The van der Waals surface area contributed by atoms with E-state index in [1.807, 2.05) is 6.07 Å². The van der Waals surface area contributed by atoms with Crippen LogP contribution >= 0.6 is 0 Å². The van der Waals surface area contributed by atoms with E-state index >= 15 is 0 Å². The molecule has 0 fully saturated rings. The second-order valence-electron chi connectivity index (χ2n) is 2.00. The Morgan fingerprint density at radius 1 is 1.70 bits per heavy atom. The van der Waals surface area contributed by atoms with E-state index in [1.54, 1.807) is 12.4 Å². The molecule has 0 aliphatic carbocycles. The molecule has 0 saturated heterocycles. The van der Waals surface area contributed by atoms with E-state index < -0.39 is 0 Å². The van der Waals surface area contributed by atoms with Crippen LogP contribution in [0.2, 0.25) is 0 Å². The first-order valence-electron chi connectivity index (χ1n) is 2.87. The standard InChI is InChI=1S/C6H5N3O/c10-4-9-2-1-5-3-7-8-6(5)9/h1-4H,(H,7,8). The fourth-order valence-corrected chi connectivity index (χ4v) is 0.940. The Morgan fingerprint density at radius 2 is 2.60 bits per heavy atom. The largest absolute Gasteiger partial charge is 0.278 e. The molecule has 1 N–H and O–H groups in total. The Balaban J connectivity index is 2.88. The van der Waals surface area contributed by atoms with E-state index in [1.165, 1.54) is 4.57 Å². The van der Waals surface area contributed by atoms with Crippen molar-refractivity contribution >= 4 is 17.4 Å². The number of nitrogens with zero attached hydrogens (tertiary/aromatic N) is 2. The summed E-state index contributed by atoms with van der Waals surface area (Å²) in [6.45, 7) is 0. The molecule has 0 aliphatic rings. The van der Waals surface area contributed by atoms with Crippen molar-refractivity contribution < 1.29 is 4.79 Å². The molecule has 0 amide bonds. The van der Waals surface area contributed by atoms with Gasteiger partial charge in [0.25, 0.3) is 0 Å². The Kier molecular flexibility index (Phi) is 0.887. The number of nitrogens with one attached hydrogen (secondary N) is 1. The van der Waals surface area contributed by atoms with Crippen molar-refractivity contribution in [3.8, 4) is 0 Å². The van der Waals surface area contributed by atoms with Gasteiger partial charge in [0.05, 0.1) is 6.20 Å². The minimum absolute atomic E-state index is 0.737. The van der Waals surface area contributed by atoms with Crippen LogP contribution in [0.25, 0.3) is 11.0 Å². The monoisotopic (exact) mass is 135 g/mol. The maximum absolute atomic E-state index is 10.3. The van der Waals surface area contributed by atoms with Gasteiger partial charge in [0, 0.05) is 11.6 Å². The third-order valence-corrected chi connectivity index (χ3v) is 1.43. The quantitative estimate of drug-likeness (QED) is 0.575. The van der Waals surface area contributed by atoms with Crippen molar-refractivity contribution in [1.29, 1.82) is 0 Å². The zero-order valence-electron chi connectivity index (χ0n) is 5.11. The first kappa shape index (κ1) is 5.22. The van der Waals surface area contributed by atoms with Gasteiger partial charge in [-0.05, 0) is 6.07 Å². The fourth-order valence-electron chi connectivity index (χ4n) is 0.940. The van der Waals surface area contributed by atoms with Gasteiger partial charge in [0.15, 0.2) is 0 Å². The zero-order valence-corrected chi connectivity index (χ0v) is 5.11. The molecule has 0 atom stereocenters. The van der Waals surface area contributed by atoms with Crippen LogP contribution in [0, 0.1) is 0 Å². The molecule has 0 bridgehead atoms. The van der Waals surface area contributed by atoms with Crippen LogP contribution in [0.4, 0.5) is 0 Å². The Hall–Kier alpha value is -1.58. The van der Waals surface area contributed by atoms with E-state index in [-0.39, 0.29) is 0 Å². The lowest BCUT2D eigenvalue weighted by atomic mass is 10.5. The Labute approximate surface area is 56.5 Å². The van der Waals surface area contributed by atoms with Gasteiger partial charge in [-0.3, -0.25) is 14.5 Å². The number of carbonyl (C=O) groups excluding carboxylic acids is 1. The summed E-state index contributed by atoms with van der Waals surface area (Å²) in [7, 11) is 0. The van der Waals surface area contributed by atoms with Gasteiger partial charge < -0.3 is 0 Å². The van der Waals surface area contributed by atoms with Gasteiger partial charge in [0.1, 0.15) is 5.65 Å². The maximum atomic E-state index is 10.3. The molecule has 0 spiro atoms. The molecule has 0 unspecified atom stereocenters. The average Bonchev–Trinajstić information content (AvgIpc) is 2.44. The van der Waals surface area contributed by atoms with E-state index in [0.29, 0.717) is 0 Å². The summed E-state index contributed by atoms with van der Waals surface area (Å²) >= 11 is 0. The third kappa shape index (κ3) is 0.500. The number of aromatic amines is 1. The van der Waals surface area contributed by atoms with Crippen LogP contribution in [0.5, 0.6) is 0 Å². The van der Waals surface area contributed by atoms with E-state index in [4.69, 9.17) is 0 Å². The van der Waals surface area contributed by atoms with Gasteiger partial charge in [-0.2, -0.15) is 5.10 Å². The maximum Gasteiger partial charge on any atom is 0.219 e. The van der Waals surface area contributed by atoms with Crippen molar-refractivity contribution in [2.45, 2.75) is 0 Å². The van der Waals surface area contributed by atoms with Crippen LogP contribution in [-0.2, 0) is 4.79 Å². The number of H-pyrrole nitrogens is 1. The molecule has 10 heavy (non-hydrogen) atoms. The SMILES string of the molecule is O=Cn1ccc2cn[nH]c21. The predicted octanol–water partition coefficient (Wildman–Crippen LogP) is 0.403. The van der Waals surface area contributed by atoms with Gasteiger partial charge in [-0.1, -0.05) is 0 Å². The highest BCUT2D eigenvalue weighted by Crippen LogP contribution is 2.08. The molecule has 2 aromatic rings. The lowest BCUT2D eigenvalue weighted by Gasteiger charge is -1.84. The Morgan fingerprint density at radius 3 is 3.40 bits per heavy atom. The smallest absolute Gasteiger partial charge is 0.219 e. The van der Waals surface area contributed by atoms with Crippen LogP contribution in [0.3, 0.4) is 0 Å². The normalized spacial score (nSPS) is 10.4. The number of aromatic nitrogens is 3. The van der Waals surface area contributed by atoms with Crippen molar-refractivity contribution in [3.05, 3.63) is 18.5 Å². The Bertz CT molecular complexity index is 360. The highest BCUT2D eigenvalue weighted by Gasteiger charge is 1.98. The van der Waals surface area contributed by atoms with Crippen LogP contribution in [0.15, 0.2) is 18.5 Å². The highest BCUT2D eigenvalue weighted by molar-refractivity contribution is 5.81. The molecular formula is C6H5N3O. The first-order chi connectivity index (χ1) is 4.92. The molecule has 4 heteroatoms. The van der Waals surface area contributed by atoms with Crippen LogP contribution < -0.4 is 0 Å². The molecule has 0 aromatic carbocycles. The average molecular weight is 135 g/mol. The van der Waals surface area contributed by atoms with Gasteiger partial charge in [-0.15, -0.1) is 0 Å². The topological polar surface area (TPSA) is 50.7 Å². The van der Waals surface area contributed by atoms with Crippen molar-refractivity contribution in [2.75, 3.05) is 0 Å². The summed E-state index contributed by atoms with van der Waals surface area (Å²) in [5.74, 6) is 0. The summed E-state index contributed by atoms with van der Waals surface area (Å²) in [5.41, 5.74) is 0.745. The van der Waals surface area contributed by atoms with Gasteiger partial charge in [0.2, 0.25) is 6.41 Å². The molecule has 4 nitrogen and oxygen atoms in total. The van der Waals surface area contributed by atoms with Crippen LogP contribution in [-0.4, -0.2) is 21.2 Å². The molecule has 2 rings (SSSR count). The van der Waals surface area contributed by atoms with Crippen LogP contribution in [0.1, 0.15) is 0 Å². The molecule has 2 heterocycles. The minimum Gasteiger partial charge on any atom is -0.278 e. The summed E-state index contributed by atoms with van der Waals surface area (Å²) < 4.78 is 1.45. The van der Waals surface area contributed by atoms with Crippen molar-refractivity contribution in [1.82, 2.24) is 14.8 Å². The molecule has 0 radical (unpaired) electrons. The second-order valence-corrected chi connectivity index (χ2v) is 2.00. The molecular weight excluding hydrogens is 130 g/mol. The van der Waals surface area contributed by atoms with E-state index in [0.717, 1.165) is 17.4 Å². The highest BCUT2D eigenvalue weighted by atomic mass is 16.1.